The van der Waals surface area contributed by atoms with E-state index in [2.05, 4.69) is 47.5 Å². The molecule has 2 aromatic rings. The summed E-state index contributed by atoms with van der Waals surface area (Å²) in [5, 5.41) is 3.36. The molecule has 0 saturated heterocycles. The molecule has 1 aliphatic rings. The Hall–Kier alpha value is -1.48. The molecule has 0 bridgehead atoms. The van der Waals surface area contributed by atoms with Crippen LogP contribution in [0.2, 0.25) is 0 Å². The van der Waals surface area contributed by atoms with Crippen LogP contribution in [0.5, 0.6) is 0 Å². The third kappa shape index (κ3) is 2.15. The van der Waals surface area contributed by atoms with Gasteiger partial charge in [-0.05, 0) is 22.8 Å². The summed E-state index contributed by atoms with van der Waals surface area (Å²) in [6.45, 7) is 0. The number of benzene rings is 2. The summed E-state index contributed by atoms with van der Waals surface area (Å²) < 4.78 is 0. The molecule has 0 spiro atoms. The molecule has 3 heteroatoms. The zero-order valence-electron chi connectivity index (χ0n) is 9.47. The molecular formula is C14H14N2S. The Labute approximate surface area is 105 Å². The lowest BCUT2D eigenvalue weighted by atomic mass is 10.00. The maximum atomic E-state index is 5.70. The number of nitrogens with two attached hydrogens (primary N) is 1. The zero-order valence-corrected chi connectivity index (χ0v) is 10.3. The Morgan fingerprint density at radius 2 is 2.00 bits per heavy atom. The second-order valence-corrected chi connectivity index (χ2v) is 5.31. The molecule has 17 heavy (non-hydrogen) atoms. The molecule has 2 aromatic carbocycles. The molecule has 1 unspecified atom stereocenters. The lowest BCUT2D eigenvalue weighted by Crippen LogP contribution is -2.08. The predicted octanol–water partition coefficient (Wildman–Crippen LogP) is 2.81. The monoisotopic (exact) mass is 242 g/mol. The number of hydrogen-bond acceptors (Lipinski definition) is 3. The summed E-state index contributed by atoms with van der Waals surface area (Å²) in [6, 6.07) is 15.3. The molecule has 0 amide bonds. The molecule has 1 aliphatic heterocycles. The summed E-state index contributed by atoms with van der Waals surface area (Å²) in [5.74, 6) is 1.01. The summed E-state index contributed by atoms with van der Waals surface area (Å²) in [6.07, 6.45) is 0.981. The lowest BCUT2D eigenvalue weighted by molar-refractivity contribution is 0.766. The van der Waals surface area contributed by atoms with Gasteiger partial charge in [0, 0.05) is 5.75 Å². The van der Waals surface area contributed by atoms with Gasteiger partial charge in [0.25, 0.3) is 0 Å². The minimum absolute atomic E-state index is 0.339. The fourth-order valence-electron chi connectivity index (χ4n) is 2.26. The number of hydrogen-bond donors (Lipinski definition) is 1. The van der Waals surface area contributed by atoms with E-state index in [1.165, 1.54) is 16.3 Å². The van der Waals surface area contributed by atoms with Crippen LogP contribution in [0.25, 0.3) is 10.8 Å². The van der Waals surface area contributed by atoms with E-state index in [0.717, 1.165) is 17.3 Å². The molecule has 0 saturated carbocycles. The first-order chi connectivity index (χ1) is 8.33. The molecule has 86 valence electrons. The molecular weight excluding hydrogens is 228 g/mol. The van der Waals surface area contributed by atoms with E-state index in [9.17, 15) is 0 Å². The normalized spacial score (nSPS) is 19.5. The first kappa shape index (κ1) is 10.7. The van der Waals surface area contributed by atoms with Crippen molar-refractivity contribution < 1.29 is 0 Å². The second-order valence-electron chi connectivity index (χ2n) is 4.27. The van der Waals surface area contributed by atoms with Crippen molar-refractivity contribution in [2.75, 3.05) is 5.75 Å². The van der Waals surface area contributed by atoms with Gasteiger partial charge in [0.1, 0.15) is 0 Å². The van der Waals surface area contributed by atoms with E-state index in [4.69, 9.17) is 5.73 Å². The van der Waals surface area contributed by atoms with Crippen molar-refractivity contribution in [3.8, 4) is 0 Å². The maximum Gasteiger partial charge on any atom is 0.154 e. The van der Waals surface area contributed by atoms with Gasteiger partial charge in [-0.2, -0.15) is 0 Å². The number of fused-ring (bicyclic) bond motifs is 1. The SMILES string of the molecule is NC1=NC(Cc2cccc3ccccc23)CS1. The van der Waals surface area contributed by atoms with Crippen molar-refractivity contribution in [1.82, 2.24) is 0 Å². The highest BCUT2D eigenvalue weighted by Crippen LogP contribution is 2.24. The molecule has 3 rings (SSSR count). The molecule has 1 atom stereocenters. The summed E-state index contributed by atoms with van der Waals surface area (Å²) in [7, 11) is 0. The molecule has 2 nitrogen and oxygen atoms in total. The predicted molar refractivity (Wildman–Crippen MR) is 75.5 cm³/mol. The summed E-state index contributed by atoms with van der Waals surface area (Å²) in [5.41, 5.74) is 7.07. The summed E-state index contributed by atoms with van der Waals surface area (Å²) in [4.78, 5) is 4.45. The molecule has 0 aromatic heterocycles. The zero-order chi connectivity index (χ0) is 11.7. The average molecular weight is 242 g/mol. The van der Waals surface area contributed by atoms with E-state index in [0.29, 0.717) is 6.04 Å². The van der Waals surface area contributed by atoms with Gasteiger partial charge in [0.15, 0.2) is 5.17 Å². The highest BCUT2D eigenvalue weighted by molar-refractivity contribution is 8.14. The van der Waals surface area contributed by atoms with Crippen LogP contribution in [0.1, 0.15) is 5.56 Å². The highest BCUT2D eigenvalue weighted by Gasteiger charge is 2.17. The quantitative estimate of drug-likeness (QED) is 0.879. The Kier molecular flexibility index (Phi) is 2.77. The van der Waals surface area contributed by atoms with Crippen molar-refractivity contribution in [2.24, 2.45) is 10.7 Å². The minimum atomic E-state index is 0.339. The topological polar surface area (TPSA) is 38.4 Å². The van der Waals surface area contributed by atoms with Crippen molar-refractivity contribution in [3.63, 3.8) is 0 Å². The van der Waals surface area contributed by atoms with Crippen LogP contribution in [-0.4, -0.2) is 17.0 Å². The number of aliphatic imine (C=N–C) groups is 1. The standard InChI is InChI=1S/C14H14N2S/c15-14-16-12(9-17-14)8-11-6-3-5-10-4-1-2-7-13(10)11/h1-7,12H,8-9H2,(H2,15,16). The van der Waals surface area contributed by atoms with E-state index < -0.39 is 0 Å². The first-order valence-corrected chi connectivity index (χ1v) is 6.74. The lowest BCUT2D eigenvalue weighted by Gasteiger charge is -2.09. The van der Waals surface area contributed by atoms with Crippen molar-refractivity contribution in [3.05, 3.63) is 48.0 Å². The van der Waals surface area contributed by atoms with Gasteiger partial charge in [-0.15, -0.1) is 0 Å². The smallest absolute Gasteiger partial charge is 0.154 e. The third-order valence-electron chi connectivity index (χ3n) is 3.07. The number of thioether (sulfide) groups is 1. The highest BCUT2D eigenvalue weighted by atomic mass is 32.2. The Morgan fingerprint density at radius 1 is 1.18 bits per heavy atom. The molecule has 2 N–H and O–H groups in total. The van der Waals surface area contributed by atoms with Crippen LogP contribution < -0.4 is 5.73 Å². The Morgan fingerprint density at radius 3 is 2.82 bits per heavy atom. The van der Waals surface area contributed by atoms with Gasteiger partial charge in [0.2, 0.25) is 0 Å². The van der Waals surface area contributed by atoms with Crippen molar-refractivity contribution in [2.45, 2.75) is 12.5 Å². The van der Waals surface area contributed by atoms with Crippen LogP contribution in [-0.2, 0) is 6.42 Å². The van der Waals surface area contributed by atoms with Gasteiger partial charge in [-0.3, -0.25) is 4.99 Å². The fraction of sp³-hybridized carbons (Fsp3) is 0.214. The number of rotatable bonds is 2. The van der Waals surface area contributed by atoms with Crippen LogP contribution in [0, 0.1) is 0 Å². The van der Waals surface area contributed by atoms with E-state index in [-0.39, 0.29) is 0 Å². The van der Waals surface area contributed by atoms with Crippen LogP contribution in [0.15, 0.2) is 47.5 Å². The van der Waals surface area contributed by atoms with E-state index in [1.807, 2.05) is 0 Å². The van der Waals surface area contributed by atoms with Crippen LogP contribution in [0.3, 0.4) is 0 Å². The first-order valence-electron chi connectivity index (χ1n) is 5.75. The van der Waals surface area contributed by atoms with Gasteiger partial charge in [-0.1, -0.05) is 54.2 Å². The van der Waals surface area contributed by atoms with Crippen LogP contribution >= 0.6 is 11.8 Å². The number of nitrogens with zero attached hydrogens (tertiary/aromatic N) is 1. The van der Waals surface area contributed by atoms with E-state index in [1.54, 1.807) is 11.8 Å². The van der Waals surface area contributed by atoms with Gasteiger partial charge >= 0.3 is 0 Å². The maximum absolute atomic E-state index is 5.70. The van der Waals surface area contributed by atoms with Crippen molar-refractivity contribution >= 4 is 27.7 Å². The fourth-order valence-corrected chi connectivity index (χ4v) is 3.04. The molecule has 0 fully saturated rings. The Balaban J connectivity index is 1.95. The second kappa shape index (κ2) is 4.41. The van der Waals surface area contributed by atoms with Gasteiger partial charge in [0.05, 0.1) is 6.04 Å². The van der Waals surface area contributed by atoms with Gasteiger partial charge in [-0.25, -0.2) is 0 Å². The third-order valence-corrected chi connectivity index (χ3v) is 4.02. The number of amidine groups is 1. The van der Waals surface area contributed by atoms with Crippen molar-refractivity contribution in [1.29, 1.82) is 0 Å². The summed E-state index contributed by atoms with van der Waals surface area (Å²) >= 11 is 1.66. The minimum Gasteiger partial charge on any atom is -0.379 e. The van der Waals surface area contributed by atoms with Crippen LogP contribution in [0.4, 0.5) is 0 Å². The molecule has 0 aliphatic carbocycles. The Bertz CT molecular complexity index is 572. The van der Waals surface area contributed by atoms with E-state index >= 15 is 0 Å². The average Bonchev–Trinajstić information content (AvgIpc) is 2.75. The van der Waals surface area contributed by atoms with Gasteiger partial charge < -0.3 is 5.73 Å². The molecule has 1 heterocycles. The molecule has 0 radical (unpaired) electrons. The largest absolute Gasteiger partial charge is 0.379 e.